The third kappa shape index (κ3) is 4.39. The Morgan fingerprint density at radius 1 is 0.946 bits per heavy atom. The van der Waals surface area contributed by atoms with Crippen LogP contribution in [0.25, 0.3) is 0 Å². The van der Waals surface area contributed by atoms with Crippen molar-refractivity contribution in [1.82, 2.24) is 20.0 Å². The van der Waals surface area contributed by atoms with Crippen LogP contribution in [0, 0.1) is 11.3 Å². The molecule has 0 unspecified atom stereocenters. The Morgan fingerprint density at radius 2 is 1.57 bits per heavy atom. The van der Waals surface area contributed by atoms with E-state index in [2.05, 4.69) is 5.32 Å². The molecule has 0 atom stereocenters. The minimum absolute atomic E-state index is 0.0616. The summed E-state index contributed by atoms with van der Waals surface area (Å²) in [5.41, 5.74) is -0.697. The molecule has 0 aromatic rings. The number of carbonyl (C=O) groups excluding carboxylic acids is 5. The van der Waals surface area contributed by atoms with E-state index in [0.717, 1.165) is 48.5 Å². The molecule has 2 saturated heterocycles. The molecule has 0 radical (unpaired) electrons. The van der Waals surface area contributed by atoms with Crippen LogP contribution in [-0.2, 0) is 14.4 Å². The number of urea groups is 2. The number of nitrogens with zero attached hydrogens (tertiary/aromatic N) is 3. The van der Waals surface area contributed by atoms with Gasteiger partial charge in [-0.2, -0.15) is 0 Å². The molecule has 3 aliphatic carbocycles. The number of likely N-dealkylation sites (N-methyl/N-ethyl adjacent to an activating group) is 1. The summed E-state index contributed by atoms with van der Waals surface area (Å²) in [7, 11) is 1.51. The molecule has 5 fully saturated rings. The van der Waals surface area contributed by atoms with Crippen LogP contribution in [0.1, 0.15) is 71.6 Å². The number of barbiturate groups is 1. The summed E-state index contributed by atoms with van der Waals surface area (Å²) in [5.74, 6) is 0.720. The molecule has 2 heterocycles. The molecular weight excluding hydrogens is 512 g/mol. The van der Waals surface area contributed by atoms with Crippen LogP contribution in [0.15, 0.2) is 9.81 Å². The Morgan fingerprint density at radius 3 is 2.05 bits per heavy atom. The molecule has 1 N–H and O–H groups in total. The van der Waals surface area contributed by atoms with Crippen molar-refractivity contribution in [2.75, 3.05) is 25.1 Å². The van der Waals surface area contributed by atoms with Crippen molar-refractivity contribution in [2.24, 2.45) is 11.3 Å². The molecule has 0 bridgehead atoms. The number of hydrogen-bond acceptors (Lipinski definition) is 7. The Bertz CT molecular complexity index is 1050. The molecule has 5 rings (SSSR count). The zero-order chi connectivity index (χ0) is 26.5. The lowest BCUT2D eigenvalue weighted by atomic mass is 9.51. The van der Waals surface area contributed by atoms with Gasteiger partial charge in [-0.3, -0.25) is 29.1 Å². The zero-order valence-electron chi connectivity index (χ0n) is 21.8. The lowest BCUT2D eigenvalue weighted by Gasteiger charge is -2.56. The first-order valence-corrected chi connectivity index (χ1v) is 15.4. The van der Waals surface area contributed by atoms with Crippen molar-refractivity contribution in [2.45, 2.75) is 83.2 Å². The molecule has 3 saturated carbocycles. The van der Waals surface area contributed by atoms with Gasteiger partial charge in [0.2, 0.25) is 0 Å². The summed E-state index contributed by atoms with van der Waals surface area (Å²) in [5, 5.41) is 2.87. The van der Waals surface area contributed by atoms with Gasteiger partial charge in [-0.1, -0.05) is 20.3 Å². The van der Waals surface area contributed by atoms with E-state index in [0.29, 0.717) is 42.4 Å². The highest BCUT2D eigenvalue weighted by Crippen LogP contribution is 2.58. The van der Waals surface area contributed by atoms with Crippen LogP contribution >= 0.6 is 23.5 Å². The summed E-state index contributed by atoms with van der Waals surface area (Å²) in [6, 6.07) is -1.09. The second kappa shape index (κ2) is 9.94. The van der Waals surface area contributed by atoms with Crippen LogP contribution in [-0.4, -0.2) is 81.2 Å². The summed E-state index contributed by atoms with van der Waals surface area (Å²) < 4.78 is 0.712. The monoisotopic (exact) mass is 548 g/mol. The number of imide groups is 3. The quantitative estimate of drug-likeness (QED) is 0.292. The fraction of sp³-hybridized carbons (Fsp3) is 0.731. The molecule has 0 aromatic carbocycles. The van der Waals surface area contributed by atoms with Crippen LogP contribution < -0.4 is 5.32 Å². The lowest BCUT2D eigenvalue weighted by Crippen LogP contribution is -2.65. The van der Waals surface area contributed by atoms with Crippen molar-refractivity contribution in [3.8, 4) is 0 Å². The van der Waals surface area contributed by atoms with Crippen molar-refractivity contribution in [1.29, 1.82) is 0 Å². The molecule has 5 aliphatic rings. The predicted octanol–water partition coefficient (Wildman–Crippen LogP) is 3.94. The number of amides is 7. The minimum Gasteiger partial charge on any atom is -0.323 e. The van der Waals surface area contributed by atoms with Crippen LogP contribution in [0.2, 0.25) is 0 Å². The maximum atomic E-state index is 13.8. The van der Waals surface area contributed by atoms with Crippen molar-refractivity contribution >= 4 is 53.3 Å². The van der Waals surface area contributed by atoms with E-state index in [1.165, 1.54) is 40.4 Å². The highest BCUT2D eigenvalue weighted by atomic mass is 32.2. The van der Waals surface area contributed by atoms with Gasteiger partial charge in [0, 0.05) is 19.6 Å². The topological polar surface area (TPSA) is 107 Å². The van der Waals surface area contributed by atoms with E-state index in [-0.39, 0.29) is 29.0 Å². The third-order valence-corrected chi connectivity index (χ3v) is 11.1. The van der Waals surface area contributed by atoms with Gasteiger partial charge < -0.3 is 5.32 Å². The Balaban J connectivity index is 1.35. The van der Waals surface area contributed by atoms with Crippen molar-refractivity contribution in [3.05, 3.63) is 9.81 Å². The number of carbonyl (C=O) groups is 5. The van der Waals surface area contributed by atoms with Crippen molar-refractivity contribution < 1.29 is 24.0 Å². The average Bonchev–Trinajstić information content (AvgIpc) is 3.03. The third-order valence-electron chi connectivity index (χ3n) is 8.85. The summed E-state index contributed by atoms with van der Waals surface area (Å²) in [4.78, 5) is 69.5. The normalized spacial score (nSPS) is 32.4. The number of thioether (sulfide) groups is 2. The van der Waals surface area contributed by atoms with Gasteiger partial charge >= 0.3 is 12.1 Å². The van der Waals surface area contributed by atoms with Crippen LogP contribution in [0.3, 0.4) is 0 Å². The fourth-order valence-corrected chi connectivity index (χ4v) is 8.94. The molecular formula is C26H36N4O5S2. The molecule has 11 heteroatoms. The van der Waals surface area contributed by atoms with Gasteiger partial charge in [0.05, 0.1) is 4.24 Å². The van der Waals surface area contributed by atoms with E-state index in [1.807, 2.05) is 13.8 Å². The minimum atomic E-state index is -0.791. The second-order valence-corrected chi connectivity index (χ2v) is 14.0. The Hall–Kier alpha value is -2.01. The average molecular weight is 549 g/mol. The first-order chi connectivity index (χ1) is 17.6. The highest BCUT2D eigenvalue weighted by Gasteiger charge is 2.64. The second-order valence-electron chi connectivity index (χ2n) is 11.2. The first kappa shape index (κ1) is 26.6. The maximum absolute atomic E-state index is 13.8. The van der Waals surface area contributed by atoms with Gasteiger partial charge in [0.1, 0.15) is 11.1 Å². The number of nitrogens with one attached hydrogen (secondary N) is 1. The lowest BCUT2D eigenvalue weighted by molar-refractivity contribution is -0.143. The van der Waals surface area contributed by atoms with Gasteiger partial charge in [-0.25, -0.2) is 9.59 Å². The molecule has 0 aromatic heterocycles. The largest absolute Gasteiger partial charge is 0.334 e. The Kier molecular flexibility index (Phi) is 7.15. The van der Waals surface area contributed by atoms with E-state index in [1.54, 1.807) is 0 Å². The van der Waals surface area contributed by atoms with Gasteiger partial charge in [0.25, 0.3) is 17.7 Å². The number of hydrogen-bond donors (Lipinski definition) is 1. The van der Waals surface area contributed by atoms with E-state index in [4.69, 9.17) is 0 Å². The Labute approximate surface area is 226 Å². The van der Waals surface area contributed by atoms with Gasteiger partial charge in [0.15, 0.2) is 0 Å². The standard InChI is InChI=1S/C26H36N4O5S2/c1-4-36-21(37-5-2)18-19(31)29(13-16-7-6-8-16)24(35)30(20(18)32)17-9-11-25(12-10-17)14-26(15-25)22(33)28(3)23(34)27-26/h16-17H,4-15H2,1-3H3,(H,27,34). The summed E-state index contributed by atoms with van der Waals surface area (Å²) in [6.07, 6.45) is 7.16. The van der Waals surface area contributed by atoms with Gasteiger partial charge in [-0.15, -0.1) is 23.5 Å². The predicted molar refractivity (Wildman–Crippen MR) is 143 cm³/mol. The fourth-order valence-electron chi connectivity index (χ4n) is 6.74. The summed E-state index contributed by atoms with van der Waals surface area (Å²) in [6.45, 7) is 4.37. The SMILES string of the molecule is CCSC(SCC)=C1C(=O)N(CC2CCC2)C(=O)N(C2CCC3(CC2)CC2(C3)NC(=O)N(C)C2=O)C1=O. The molecule has 37 heavy (non-hydrogen) atoms. The highest BCUT2D eigenvalue weighted by molar-refractivity contribution is 8.22. The first-order valence-electron chi connectivity index (χ1n) is 13.4. The summed E-state index contributed by atoms with van der Waals surface area (Å²) >= 11 is 2.99. The van der Waals surface area contributed by atoms with Crippen LogP contribution in [0.4, 0.5) is 9.59 Å². The van der Waals surface area contributed by atoms with E-state index >= 15 is 0 Å². The molecule has 9 nitrogen and oxygen atoms in total. The van der Waals surface area contributed by atoms with Crippen LogP contribution in [0.5, 0.6) is 0 Å². The van der Waals surface area contributed by atoms with E-state index in [9.17, 15) is 24.0 Å². The molecule has 7 amide bonds. The van der Waals surface area contributed by atoms with Gasteiger partial charge in [-0.05, 0) is 74.2 Å². The molecule has 2 spiro atoms. The molecule has 2 aliphatic heterocycles. The zero-order valence-corrected chi connectivity index (χ0v) is 23.5. The maximum Gasteiger partial charge on any atom is 0.334 e. The molecule has 202 valence electrons. The smallest absolute Gasteiger partial charge is 0.323 e. The number of rotatable bonds is 7. The van der Waals surface area contributed by atoms with E-state index < -0.39 is 23.4 Å². The van der Waals surface area contributed by atoms with Crippen molar-refractivity contribution in [3.63, 3.8) is 0 Å².